The average Bonchev–Trinajstić information content (AvgIpc) is 2.54. The van der Waals surface area contributed by atoms with Gasteiger partial charge in [-0.05, 0) is 25.8 Å². The molecule has 1 heterocycles. The lowest BCUT2D eigenvalue weighted by Crippen LogP contribution is -2.30. The third kappa shape index (κ3) is 3.39. The van der Waals surface area contributed by atoms with Gasteiger partial charge in [0.15, 0.2) is 0 Å². The van der Waals surface area contributed by atoms with Crippen LogP contribution in [0.3, 0.4) is 0 Å². The Morgan fingerprint density at radius 3 is 2.52 bits per heavy atom. The smallest absolute Gasteiger partial charge is 0.336 e. The van der Waals surface area contributed by atoms with Crippen molar-refractivity contribution in [3.05, 3.63) is 51.2 Å². The van der Waals surface area contributed by atoms with E-state index in [9.17, 15) is 14.9 Å². The van der Waals surface area contributed by atoms with Gasteiger partial charge < -0.3 is 4.74 Å². The predicted octanol–water partition coefficient (Wildman–Crippen LogP) is 2.88. The zero-order valence-electron chi connectivity index (χ0n) is 13.3. The normalized spacial score (nSPS) is 17.3. The van der Waals surface area contributed by atoms with Crippen molar-refractivity contribution < 1.29 is 14.5 Å². The van der Waals surface area contributed by atoms with E-state index in [0.717, 1.165) is 11.3 Å². The van der Waals surface area contributed by atoms with Gasteiger partial charge in [0.25, 0.3) is 5.69 Å². The van der Waals surface area contributed by atoms with Gasteiger partial charge in [0.1, 0.15) is 0 Å². The number of nitro benzene ring substituents is 1. The summed E-state index contributed by atoms with van der Waals surface area (Å²) in [5.41, 5.74) is 5.55. The van der Waals surface area contributed by atoms with Gasteiger partial charge in [-0.25, -0.2) is 4.79 Å². The van der Waals surface area contributed by atoms with Crippen LogP contribution in [-0.2, 0) is 9.53 Å². The predicted molar refractivity (Wildman–Crippen MR) is 86.0 cm³/mol. The number of nitrogens with one attached hydrogen (secondary N) is 1. The Labute approximate surface area is 134 Å². The van der Waals surface area contributed by atoms with Gasteiger partial charge in [-0.2, -0.15) is 5.10 Å². The van der Waals surface area contributed by atoms with E-state index in [1.807, 2.05) is 6.92 Å². The van der Waals surface area contributed by atoms with E-state index in [0.29, 0.717) is 17.7 Å². The van der Waals surface area contributed by atoms with E-state index in [-0.39, 0.29) is 18.2 Å². The number of hydrogen-bond acceptors (Lipinski definition) is 6. The van der Waals surface area contributed by atoms with Crippen molar-refractivity contribution in [3.63, 3.8) is 0 Å². The number of nitrogens with zero attached hydrogens (tertiary/aromatic N) is 2. The van der Waals surface area contributed by atoms with Crippen LogP contribution in [0.4, 0.5) is 5.69 Å². The summed E-state index contributed by atoms with van der Waals surface area (Å²) in [6.07, 6.45) is 0.644. The Hall–Kier alpha value is -2.70. The average molecular weight is 317 g/mol. The fourth-order valence-electron chi connectivity index (χ4n) is 2.57. The first-order valence-electron chi connectivity index (χ1n) is 7.44. The van der Waals surface area contributed by atoms with E-state index in [1.54, 1.807) is 26.0 Å². The van der Waals surface area contributed by atoms with Crippen LogP contribution in [0.5, 0.6) is 0 Å². The number of carbonyl (C=O) groups is 1. The molecule has 1 aliphatic rings. The molecule has 1 aromatic rings. The van der Waals surface area contributed by atoms with Crippen LogP contribution >= 0.6 is 0 Å². The number of non-ortho nitro benzene ring substituents is 1. The number of carbonyl (C=O) groups excluding carboxylic acids is 1. The van der Waals surface area contributed by atoms with Crippen molar-refractivity contribution in [2.75, 3.05) is 6.61 Å². The topological polar surface area (TPSA) is 93.8 Å². The molecular formula is C16H19N3O4. The van der Waals surface area contributed by atoms with Crippen LogP contribution in [0.15, 0.2) is 40.6 Å². The lowest BCUT2D eigenvalue weighted by atomic mass is 9.84. The molecule has 0 amide bonds. The second-order valence-electron chi connectivity index (χ2n) is 5.11. The van der Waals surface area contributed by atoms with Crippen molar-refractivity contribution in [1.29, 1.82) is 0 Å². The highest BCUT2D eigenvalue weighted by Gasteiger charge is 2.32. The summed E-state index contributed by atoms with van der Waals surface area (Å²) in [6, 6.07) is 6.18. The third-order valence-electron chi connectivity index (χ3n) is 3.69. The molecule has 0 aromatic heterocycles. The zero-order chi connectivity index (χ0) is 17.0. The molecule has 0 spiro atoms. The van der Waals surface area contributed by atoms with E-state index in [1.165, 1.54) is 12.1 Å². The molecule has 0 radical (unpaired) electrons. The molecule has 0 saturated carbocycles. The quantitative estimate of drug-likeness (QED) is 0.512. The number of esters is 1. The molecule has 1 N–H and O–H groups in total. The number of allylic oxidation sites excluding steroid dienone is 1. The maximum atomic E-state index is 12.3. The molecule has 7 heteroatoms. The van der Waals surface area contributed by atoms with E-state index >= 15 is 0 Å². The van der Waals surface area contributed by atoms with E-state index in [4.69, 9.17) is 4.74 Å². The number of ether oxygens (including phenoxy) is 1. The first-order chi connectivity index (χ1) is 11.0. The van der Waals surface area contributed by atoms with Crippen LogP contribution in [0, 0.1) is 10.1 Å². The van der Waals surface area contributed by atoms with Crippen LogP contribution < -0.4 is 5.43 Å². The Kier molecular flexibility index (Phi) is 5.10. The number of hydrazone groups is 1. The second-order valence-corrected chi connectivity index (χ2v) is 5.11. The van der Waals surface area contributed by atoms with Gasteiger partial charge >= 0.3 is 5.97 Å². The molecule has 122 valence electrons. The largest absolute Gasteiger partial charge is 0.463 e. The van der Waals surface area contributed by atoms with Gasteiger partial charge in [-0.15, -0.1) is 0 Å². The van der Waals surface area contributed by atoms with Gasteiger partial charge in [-0.3, -0.25) is 15.5 Å². The van der Waals surface area contributed by atoms with Gasteiger partial charge in [0.2, 0.25) is 0 Å². The molecule has 1 unspecified atom stereocenters. The van der Waals surface area contributed by atoms with Crippen LogP contribution in [0.25, 0.3) is 0 Å². The molecule has 2 rings (SSSR count). The minimum absolute atomic E-state index is 0.0102. The lowest BCUT2D eigenvalue weighted by molar-refractivity contribution is -0.384. The monoisotopic (exact) mass is 317 g/mol. The number of rotatable bonds is 5. The van der Waals surface area contributed by atoms with Crippen molar-refractivity contribution >= 4 is 17.4 Å². The van der Waals surface area contributed by atoms with Crippen LogP contribution in [0.1, 0.15) is 38.7 Å². The highest BCUT2D eigenvalue weighted by atomic mass is 16.6. The number of nitro groups is 1. The summed E-state index contributed by atoms with van der Waals surface area (Å²) >= 11 is 0. The van der Waals surface area contributed by atoms with Gasteiger partial charge in [0.05, 0.1) is 28.7 Å². The SMILES string of the molecule is CCOC(=O)C1=C(C)NN=C(CC)C1c1ccc([N+](=O)[O-])cc1. The Bertz CT molecular complexity index is 677. The van der Waals surface area contributed by atoms with Gasteiger partial charge in [0, 0.05) is 17.8 Å². The molecular weight excluding hydrogens is 298 g/mol. The molecule has 1 atom stereocenters. The fraction of sp³-hybridized carbons (Fsp3) is 0.375. The Morgan fingerprint density at radius 2 is 2.00 bits per heavy atom. The molecule has 0 aliphatic carbocycles. The highest BCUT2D eigenvalue weighted by Crippen LogP contribution is 2.33. The molecule has 0 saturated heterocycles. The Morgan fingerprint density at radius 1 is 1.35 bits per heavy atom. The zero-order valence-corrected chi connectivity index (χ0v) is 13.3. The van der Waals surface area contributed by atoms with E-state index in [2.05, 4.69) is 10.5 Å². The number of benzene rings is 1. The van der Waals surface area contributed by atoms with Crippen molar-refractivity contribution in [2.24, 2.45) is 5.10 Å². The number of hydrogen-bond donors (Lipinski definition) is 1. The summed E-state index contributed by atoms with van der Waals surface area (Å²) < 4.78 is 5.16. The van der Waals surface area contributed by atoms with Crippen LogP contribution in [0.2, 0.25) is 0 Å². The maximum Gasteiger partial charge on any atom is 0.336 e. The molecule has 1 aromatic carbocycles. The summed E-state index contributed by atoms with van der Waals surface area (Å²) in [5.74, 6) is -0.761. The highest BCUT2D eigenvalue weighted by molar-refractivity contribution is 6.04. The van der Waals surface area contributed by atoms with Gasteiger partial charge in [-0.1, -0.05) is 19.1 Å². The second kappa shape index (κ2) is 7.04. The molecule has 0 bridgehead atoms. The Balaban J connectivity index is 2.47. The summed E-state index contributed by atoms with van der Waals surface area (Å²) in [7, 11) is 0. The molecule has 23 heavy (non-hydrogen) atoms. The molecule has 1 aliphatic heterocycles. The van der Waals surface area contributed by atoms with Crippen molar-refractivity contribution in [2.45, 2.75) is 33.1 Å². The molecule has 0 fully saturated rings. The first kappa shape index (κ1) is 16.7. The maximum absolute atomic E-state index is 12.3. The summed E-state index contributed by atoms with van der Waals surface area (Å²) in [5, 5.41) is 15.1. The van der Waals surface area contributed by atoms with E-state index < -0.39 is 10.9 Å². The first-order valence-corrected chi connectivity index (χ1v) is 7.44. The minimum atomic E-state index is -0.450. The van der Waals surface area contributed by atoms with Crippen molar-refractivity contribution in [1.82, 2.24) is 5.43 Å². The lowest BCUT2D eigenvalue weighted by Gasteiger charge is -2.27. The minimum Gasteiger partial charge on any atom is -0.463 e. The standard InChI is InChI=1S/C16H19N3O4/c1-4-13-15(11-6-8-12(9-7-11)19(21)22)14(10(3)17-18-13)16(20)23-5-2/h6-9,15,17H,4-5H2,1-3H3. The third-order valence-corrected chi connectivity index (χ3v) is 3.69. The fourth-order valence-corrected chi connectivity index (χ4v) is 2.57. The summed E-state index contributed by atoms with van der Waals surface area (Å²) in [6.45, 7) is 5.74. The van der Waals surface area contributed by atoms with Crippen LogP contribution in [-0.4, -0.2) is 23.2 Å². The van der Waals surface area contributed by atoms with Crippen molar-refractivity contribution in [3.8, 4) is 0 Å². The molecule has 7 nitrogen and oxygen atoms in total. The summed E-state index contributed by atoms with van der Waals surface area (Å²) in [4.78, 5) is 22.7.